The first-order valence-electron chi connectivity index (χ1n) is 15.0. The lowest BCUT2D eigenvalue weighted by Gasteiger charge is -2.25. The van der Waals surface area contributed by atoms with Crippen molar-refractivity contribution in [3.63, 3.8) is 0 Å². The van der Waals surface area contributed by atoms with Gasteiger partial charge in [0.2, 0.25) is 0 Å². The smallest absolute Gasteiger partial charge is 0.0878 e. The van der Waals surface area contributed by atoms with Gasteiger partial charge in [0.25, 0.3) is 0 Å². The number of nitrogens with one attached hydrogen (secondary N) is 1. The summed E-state index contributed by atoms with van der Waals surface area (Å²) in [6.45, 7) is 12.2. The molecule has 3 aliphatic heterocycles. The standard InChI is InChI=1S/C34H53NO4/c1-24(2)29-19-26(4)21-31-13-7-11-28(23-39-31)10-6-9-27(5)35-33(14-8-12-30(36)22-29)34(37)16-15-32-20-25(3)17-18-38-32/h6-9,11-12,15-17,26-28,30-37H,10,13-14,18-23H2,1-5H3/b9-6-,12-8+,16-15+/t26-,27?,28?,30?,31-,32?,33?,34-/m0/s1. The van der Waals surface area contributed by atoms with Crippen LogP contribution in [0.4, 0.5) is 0 Å². The molecule has 0 aromatic rings. The lowest BCUT2D eigenvalue weighted by molar-refractivity contribution is 0.0307. The molecule has 3 rings (SSSR count). The van der Waals surface area contributed by atoms with Crippen molar-refractivity contribution in [1.82, 2.24) is 5.32 Å². The van der Waals surface area contributed by atoms with Gasteiger partial charge in [0, 0.05) is 18.0 Å². The molecule has 2 bridgehead atoms. The van der Waals surface area contributed by atoms with Crippen molar-refractivity contribution >= 4 is 0 Å². The lowest BCUT2D eigenvalue weighted by Crippen LogP contribution is -2.43. The molecular weight excluding hydrogens is 486 g/mol. The van der Waals surface area contributed by atoms with E-state index in [0.29, 0.717) is 31.3 Å². The van der Waals surface area contributed by atoms with Crippen LogP contribution in [0, 0.1) is 11.8 Å². The Hall–Kier alpha value is -1.76. The second kappa shape index (κ2) is 16.5. The molecule has 39 heavy (non-hydrogen) atoms. The predicted molar refractivity (Wildman–Crippen MR) is 162 cm³/mol. The van der Waals surface area contributed by atoms with Crippen LogP contribution in [0.15, 0.2) is 71.4 Å². The zero-order valence-electron chi connectivity index (χ0n) is 24.9. The summed E-state index contributed by atoms with van der Waals surface area (Å²) in [7, 11) is 0. The minimum absolute atomic E-state index is 0.00181. The van der Waals surface area contributed by atoms with Gasteiger partial charge in [0.15, 0.2) is 0 Å². The van der Waals surface area contributed by atoms with E-state index in [-0.39, 0.29) is 24.3 Å². The number of ether oxygens (including phenoxy) is 2. The third kappa shape index (κ3) is 11.7. The Morgan fingerprint density at radius 1 is 1.00 bits per heavy atom. The Balaban J connectivity index is 1.75. The van der Waals surface area contributed by atoms with Gasteiger partial charge in [-0.2, -0.15) is 0 Å². The van der Waals surface area contributed by atoms with E-state index in [0.717, 1.165) is 38.7 Å². The van der Waals surface area contributed by atoms with Crippen molar-refractivity contribution in [2.75, 3.05) is 13.2 Å². The average molecular weight is 540 g/mol. The van der Waals surface area contributed by atoms with Gasteiger partial charge in [-0.05, 0) is 78.6 Å². The van der Waals surface area contributed by atoms with Crippen LogP contribution in [-0.2, 0) is 9.47 Å². The summed E-state index contributed by atoms with van der Waals surface area (Å²) in [5.41, 5.74) is 3.93. The summed E-state index contributed by atoms with van der Waals surface area (Å²) < 4.78 is 12.1. The van der Waals surface area contributed by atoms with Crippen LogP contribution in [0.25, 0.3) is 0 Å². The van der Waals surface area contributed by atoms with Gasteiger partial charge in [-0.3, -0.25) is 0 Å². The van der Waals surface area contributed by atoms with Crippen molar-refractivity contribution in [2.24, 2.45) is 11.8 Å². The number of hydrogen-bond acceptors (Lipinski definition) is 5. The zero-order chi connectivity index (χ0) is 28.2. The Kier molecular flexibility index (Phi) is 13.4. The van der Waals surface area contributed by atoms with E-state index in [1.165, 1.54) is 16.7 Å². The molecule has 0 aromatic heterocycles. The highest BCUT2D eigenvalue weighted by molar-refractivity contribution is 5.14. The molecule has 0 amide bonds. The number of aliphatic hydroxyl groups is 2. The van der Waals surface area contributed by atoms with Crippen LogP contribution in [-0.4, -0.2) is 59.9 Å². The molecule has 0 fully saturated rings. The highest BCUT2D eigenvalue weighted by atomic mass is 16.5. The largest absolute Gasteiger partial charge is 0.389 e. The van der Waals surface area contributed by atoms with Gasteiger partial charge >= 0.3 is 0 Å². The number of aliphatic hydroxyl groups excluding tert-OH is 2. The molecule has 0 aliphatic carbocycles. The molecule has 0 aromatic carbocycles. The molecule has 5 unspecified atom stereocenters. The zero-order valence-corrected chi connectivity index (χ0v) is 24.9. The van der Waals surface area contributed by atoms with Gasteiger partial charge < -0.3 is 25.0 Å². The Morgan fingerprint density at radius 3 is 2.54 bits per heavy atom. The second-order valence-electron chi connectivity index (χ2n) is 12.2. The summed E-state index contributed by atoms with van der Waals surface area (Å²) >= 11 is 0. The predicted octanol–water partition coefficient (Wildman–Crippen LogP) is 6.36. The second-order valence-corrected chi connectivity index (χ2v) is 12.2. The highest BCUT2D eigenvalue weighted by Gasteiger charge is 2.21. The number of hydrogen-bond donors (Lipinski definition) is 3. The third-order valence-corrected chi connectivity index (χ3v) is 8.07. The summed E-state index contributed by atoms with van der Waals surface area (Å²) in [5, 5.41) is 25.6. The van der Waals surface area contributed by atoms with E-state index >= 15 is 0 Å². The van der Waals surface area contributed by atoms with Crippen molar-refractivity contribution < 1.29 is 19.7 Å². The van der Waals surface area contributed by atoms with Crippen molar-refractivity contribution in [3.8, 4) is 0 Å². The molecule has 3 heterocycles. The maximum absolute atomic E-state index is 11.1. The summed E-state index contributed by atoms with van der Waals surface area (Å²) in [5.74, 6) is 0.881. The maximum Gasteiger partial charge on any atom is 0.0878 e. The van der Waals surface area contributed by atoms with Gasteiger partial charge in [0.05, 0.1) is 37.6 Å². The summed E-state index contributed by atoms with van der Waals surface area (Å²) in [6, 6.07) is -0.0902. The van der Waals surface area contributed by atoms with E-state index in [4.69, 9.17) is 9.47 Å². The third-order valence-electron chi connectivity index (χ3n) is 8.07. The molecule has 0 radical (unpaired) electrons. The van der Waals surface area contributed by atoms with Crippen LogP contribution in [0.5, 0.6) is 0 Å². The highest BCUT2D eigenvalue weighted by Crippen LogP contribution is 2.27. The molecule has 5 heteroatoms. The maximum atomic E-state index is 11.1. The molecule has 3 N–H and O–H groups in total. The fourth-order valence-electron chi connectivity index (χ4n) is 5.69. The fraction of sp³-hybridized carbons (Fsp3) is 0.647. The molecule has 0 spiro atoms. The van der Waals surface area contributed by atoms with Crippen molar-refractivity contribution in [1.29, 1.82) is 0 Å². The van der Waals surface area contributed by atoms with E-state index in [1.807, 2.05) is 24.3 Å². The first-order valence-corrected chi connectivity index (χ1v) is 15.0. The van der Waals surface area contributed by atoms with E-state index < -0.39 is 12.2 Å². The molecule has 0 saturated carbocycles. The summed E-state index contributed by atoms with van der Waals surface area (Å²) in [6.07, 6.45) is 24.0. The SMILES string of the molecule is CC1=CCOC(/C=C/[C@H](O)C2C/C=C/C(O)CC(=C(C)C)C[C@H](C)C[C@@H]3CC=CC(C/C=C\C(C)N2)CO3)C1. The van der Waals surface area contributed by atoms with Crippen LogP contribution >= 0.6 is 0 Å². The van der Waals surface area contributed by atoms with Crippen LogP contribution in [0.2, 0.25) is 0 Å². The van der Waals surface area contributed by atoms with Gasteiger partial charge in [-0.25, -0.2) is 0 Å². The molecule has 218 valence electrons. The first kappa shape index (κ1) is 31.8. The first-order chi connectivity index (χ1) is 18.7. The van der Waals surface area contributed by atoms with E-state index in [2.05, 4.69) is 70.3 Å². The van der Waals surface area contributed by atoms with Gasteiger partial charge in [0.1, 0.15) is 0 Å². The average Bonchev–Trinajstić information content (AvgIpc) is 3.10. The topological polar surface area (TPSA) is 71.0 Å². The molecule has 0 saturated heterocycles. The Bertz CT molecular complexity index is 925. The minimum Gasteiger partial charge on any atom is -0.389 e. The quantitative estimate of drug-likeness (QED) is 0.364. The molecular formula is C34H53NO4. The fourth-order valence-corrected chi connectivity index (χ4v) is 5.69. The van der Waals surface area contributed by atoms with Gasteiger partial charge in [-0.1, -0.05) is 78.3 Å². The van der Waals surface area contributed by atoms with Crippen molar-refractivity contribution in [3.05, 3.63) is 71.4 Å². The van der Waals surface area contributed by atoms with E-state index in [9.17, 15) is 10.2 Å². The van der Waals surface area contributed by atoms with Crippen LogP contribution in [0.1, 0.15) is 79.6 Å². The summed E-state index contributed by atoms with van der Waals surface area (Å²) in [4.78, 5) is 0. The number of fused-ring (bicyclic) bond motifs is 3. The van der Waals surface area contributed by atoms with E-state index in [1.54, 1.807) is 0 Å². The molecule has 8 atom stereocenters. The lowest BCUT2D eigenvalue weighted by atomic mass is 9.89. The Morgan fingerprint density at radius 2 is 1.77 bits per heavy atom. The minimum atomic E-state index is -0.670. The molecule has 5 nitrogen and oxygen atoms in total. The van der Waals surface area contributed by atoms with Gasteiger partial charge in [-0.15, -0.1) is 0 Å². The number of allylic oxidation sites excluding steroid dienone is 2. The normalized spacial score (nSPS) is 36.3. The Labute approximate surface area is 237 Å². The van der Waals surface area contributed by atoms with Crippen LogP contribution in [0.3, 0.4) is 0 Å². The molecule has 3 aliphatic rings. The van der Waals surface area contributed by atoms with Crippen molar-refractivity contribution in [2.45, 2.75) is 116 Å². The van der Waals surface area contributed by atoms with Crippen LogP contribution < -0.4 is 5.32 Å². The monoisotopic (exact) mass is 539 g/mol. The number of rotatable bonds is 3.